The van der Waals surface area contributed by atoms with Crippen LogP contribution in [-0.4, -0.2) is 11.2 Å². The summed E-state index contributed by atoms with van der Waals surface area (Å²) < 4.78 is 0. The summed E-state index contributed by atoms with van der Waals surface area (Å²) in [5, 5.41) is 8.33. The zero-order valence-corrected chi connectivity index (χ0v) is 6.09. The summed E-state index contributed by atoms with van der Waals surface area (Å²) in [4.78, 5) is 0. The third-order valence-corrected chi connectivity index (χ3v) is 1.08. The fraction of sp³-hybridized carbons (Fsp3) is 0.714. The third kappa shape index (κ3) is 5.53. The van der Waals surface area contributed by atoms with Crippen LogP contribution in [0.1, 0.15) is 26.7 Å². The van der Waals surface area contributed by atoms with Crippen LogP contribution in [0.15, 0.2) is 12.2 Å². The Morgan fingerprint density at radius 1 is 1.67 bits per heavy atom. The molecular weight excluding hydrogens is 114 g/mol. The maximum absolute atomic E-state index is 8.33. The molecular formula is C7H15NO. The zero-order chi connectivity index (χ0) is 7.11. The number of allylic oxidation sites excluding steroid dienone is 1. The van der Waals surface area contributed by atoms with Gasteiger partial charge in [0.1, 0.15) is 0 Å². The van der Waals surface area contributed by atoms with Gasteiger partial charge in [-0.3, -0.25) is 0 Å². The minimum Gasteiger partial charge on any atom is -0.316 e. The van der Waals surface area contributed by atoms with Gasteiger partial charge in [-0.1, -0.05) is 25.5 Å². The lowest BCUT2D eigenvalue weighted by Gasteiger charge is -1.99. The molecule has 9 heavy (non-hydrogen) atoms. The Kier molecular flexibility index (Phi) is 5.57. The average Bonchev–Trinajstić information content (AvgIpc) is 1.89. The van der Waals surface area contributed by atoms with Crippen molar-refractivity contribution in [1.82, 2.24) is 5.48 Å². The van der Waals surface area contributed by atoms with Crippen LogP contribution in [0.3, 0.4) is 0 Å². The van der Waals surface area contributed by atoms with Crippen LogP contribution in [0, 0.1) is 0 Å². The first kappa shape index (κ1) is 8.66. The largest absolute Gasteiger partial charge is 0.316 e. The van der Waals surface area contributed by atoms with Crippen molar-refractivity contribution >= 4 is 0 Å². The van der Waals surface area contributed by atoms with Gasteiger partial charge in [0.25, 0.3) is 0 Å². The normalized spacial score (nSPS) is 14.6. The zero-order valence-electron chi connectivity index (χ0n) is 6.09. The van der Waals surface area contributed by atoms with E-state index in [2.05, 4.69) is 18.5 Å². The minimum atomic E-state index is 0.0801. The van der Waals surface area contributed by atoms with Crippen LogP contribution in [0.4, 0.5) is 0 Å². The first-order chi connectivity index (χ1) is 4.31. The van der Waals surface area contributed by atoms with Crippen LogP contribution in [0.5, 0.6) is 0 Å². The van der Waals surface area contributed by atoms with Crippen LogP contribution in [0.25, 0.3) is 0 Å². The number of hydrogen-bond donors (Lipinski definition) is 2. The van der Waals surface area contributed by atoms with Gasteiger partial charge in [-0.05, 0) is 13.3 Å². The Morgan fingerprint density at radius 2 is 2.33 bits per heavy atom. The molecule has 0 amide bonds. The molecule has 2 heteroatoms. The van der Waals surface area contributed by atoms with E-state index in [4.69, 9.17) is 5.21 Å². The molecule has 0 spiro atoms. The van der Waals surface area contributed by atoms with Gasteiger partial charge in [-0.25, -0.2) is 0 Å². The van der Waals surface area contributed by atoms with E-state index in [9.17, 15) is 0 Å². The van der Waals surface area contributed by atoms with Crippen molar-refractivity contribution in [2.75, 3.05) is 0 Å². The van der Waals surface area contributed by atoms with Crippen LogP contribution in [0.2, 0.25) is 0 Å². The molecule has 0 bridgehead atoms. The summed E-state index contributed by atoms with van der Waals surface area (Å²) in [6.07, 6.45) is 6.26. The molecule has 0 aliphatic heterocycles. The monoisotopic (exact) mass is 129 g/mol. The van der Waals surface area contributed by atoms with Crippen LogP contribution >= 0.6 is 0 Å². The number of hydroxylamine groups is 1. The highest BCUT2D eigenvalue weighted by atomic mass is 16.5. The highest BCUT2D eigenvalue weighted by Gasteiger charge is 1.87. The Morgan fingerprint density at radius 3 is 2.78 bits per heavy atom. The average molecular weight is 129 g/mol. The van der Waals surface area contributed by atoms with Crippen molar-refractivity contribution in [3.05, 3.63) is 12.2 Å². The molecule has 0 radical (unpaired) electrons. The van der Waals surface area contributed by atoms with E-state index in [0.29, 0.717) is 0 Å². The van der Waals surface area contributed by atoms with Gasteiger partial charge in [0, 0.05) is 6.04 Å². The van der Waals surface area contributed by atoms with Gasteiger partial charge in [-0.2, -0.15) is 5.48 Å². The summed E-state index contributed by atoms with van der Waals surface area (Å²) in [5.74, 6) is 0. The molecule has 0 rings (SSSR count). The van der Waals surface area contributed by atoms with Gasteiger partial charge in [0.15, 0.2) is 0 Å². The third-order valence-electron chi connectivity index (χ3n) is 1.08. The highest BCUT2D eigenvalue weighted by Crippen LogP contribution is 1.90. The molecule has 0 aromatic carbocycles. The lowest BCUT2D eigenvalue weighted by molar-refractivity contribution is 0.149. The second-order valence-electron chi connectivity index (χ2n) is 2.13. The predicted molar refractivity (Wildman–Crippen MR) is 38.4 cm³/mol. The molecule has 0 fully saturated rings. The SMILES string of the molecule is CCC/C=C/C(C)NO. The van der Waals surface area contributed by atoms with Crippen molar-refractivity contribution in [3.8, 4) is 0 Å². The molecule has 0 aromatic heterocycles. The van der Waals surface area contributed by atoms with E-state index in [1.54, 1.807) is 0 Å². The first-order valence-electron chi connectivity index (χ1n) is 3.37. The summed E-state index contributed by atoms with van der Waals surface area (Å²) in [5.41, 5.74) is 2.14. The van der Waals surface area contributed by atoms with Gasteiger partial charge in [0.05, 0.1) is 0 Å². The Bertz CT molecular complexity index is 81.0. The summed E-state index contributed by atoms with van der Waals surface area (Å²) in [6.45, 7) is 4.02. The maximum Gasteiger partial charge on any atom is 0.0471 e. The van der Waals surface area contributed by atoms with E-state index in [1.807, 2.05) is 13.0 Å². The van der Waals surface area contributed by atoms with E-state index < -0.39 is 0 Å². The van der Waals surface area contributed by atoms with Gasteiger partial charge >= 0.3 is 0 Å². The lowest BCUT2D eigenvalue weighted by Crippen LogP contribution is -2.18. The Labute approximate surface area is 56.5 Å². The molecule has 0 aliphatic carbocycles. The molecule has 0 aliphatic rings. The van der Waals surface area contributed by atoms with Crippen LogP contribution in [-0.2, 0) is 0 Å². The fourth-order valence-electron chi connectivity index (χ4n) is 0.510. The smallest absolute Gasteiger partial charge is 0.0471 e. The molecule has 0 saturated heterocycles. The summed E-state index contributed by atoms with van der Waals surface area (Å²) >= 11 is 0. The molecule has 0 heterocycles. The Hall–Kier alpha value is -0.340. The predicted octanol–water partition coefficient (Wildman–Crippen LogP) is 1.71. The lowest BCUT2D eigenvalue weighted by atomic mass is 10.2. The standard InChI is InChI=1S/C7H15NO/c1-3-4-5-6-7(2)8-9/h5-9H,3-4H2,1-2H3/b6-5+. The summed E-state index contributed by atoms with van der Waals surface area (Å²) in [6, 6.07) is 0.0801. The van der Waals surface area contributed by atoms with Crippen molar-refractivity contribution in [1.29, 1.82) is 0 Å². The van der Waals surface area contributed by atoms with Gasteiger partial charge in [-0.15, -0.1) is 0 Å². The fourth-order valence-corrected chi connectivity index (χ4v) is 0.510. The first-order valence-corrected chi connectivity index (χ1v) is 3.37. The van der Waals surface area contributed by atoms with Crippen molar-refractivity contribution < 1.29 is 5.21 Å². The minimum absolute atomic E-state index is 0.0801. The van der Waals surface area contributed by atoms with Crippen molar-refractivity contribution in [2.24, 2.45) is 0 Å². The second kappa shape index (κ2) is 5.79. The van der Waals surface area contributed by atoms with Gasteiger partial charge < -0.3 is 5.21 Å². The number of unbranched alkanes of at least 4 members (excludes halogenated alkanes) is 1. The number of rotatable bonds is 4. The summed E-state index contributed by atoms with van der Waals surface area (Å²) in [7, 11) is 0. The maximum atomic E-state index is 8.33. The van der Waals surface area contributed by atoms with Gasteiger partial charge in [0.2, 0.25) is 0 Å². The molecule has 0 saturated carbocycles. The molecule has 1 atom stereocenters. The Balaban J connectivity index is 3.20. The number of hydrogen-bond acceptors (Lipinski definition) is 2. The molecule has 0 aromatic rings. The van der Waals surface area contributed by atoms with Crippen LogP contribution < -0.4 is 5.48 Å². The van der Waals surface area contributed by atoms with Crippen molar-refractivity contribution in [2.45, 2.75) is 32.7 Å². The molecule has 2 N–H and O–H groups in total. The topological polar surface area (TPSA) is 32.3 Å². The van der Waals surface area contributed by atoms with E-state index >= 15 is 0 Å². The highest BCUT2D eigenvalue weighted by molar-refractivity contribution is 4.88. The van der Waals surface area contributed by atoms with Crippen molar-refractivity contribution in [3.63, 3.8) is 0 Å². The quantitative estimate of drug-likeness (QED) is 0.447. The molecule has 54 valence electrons. The molecule has 1 unspecified atom stereocenters. The van der Waals surface area contributed by atoms with E-state index in [1.165, 1.54) is 0 Å². The second-order valence-corrected chi connectivity index (χ2v) is 2.13. The van der Waals surface area contributed by atoms with E-state index in [0.717, 1.165) is 12.8 Å². The number of nitrogens with one attached hydrogen (secondary N) is 1. The van der Waals surface area contributed by atoms with E-state index in [-0.39, 0.29) is 6.04 Å². The molecule has 2 nitrogen and oxygen atoms in total.